The zero-order chi connectivity index (χ0) is 12.4. The predicted molar refractivity (Wildman–Crippen MR) is 75.9 cm³/mol. The van der Waals surface area contributed by atoms with Crippen molar-refractivity contribution in [3.05, 3.63) is 53.3 Å². The van der Waals surface area contributed by atoms with Crippen LogP contribution in [-0.2, 0) is 25.9 Å². The van der Waals surface area contributed by atoms with Gasteiger partial charge in [0.2, 0.25) is 0 Å². The molecule has 0 saturated carbocycles. The van der Waals surface area contributed by atoms with Crippen molar-refractivity contribution in [2.45, 2.75) is 39.3 Å². The molecule has 0 fully saturated rings. The van der Waals surface area contributed by atoms with Gasteiger partial charge in [-0.2, -0.15) is 0 Å². The van der Waals surface area contributed by atoms with Crippen LogP contribution in [0.25, 0.3) is 0 Å². The van der Waals surface area contributed by atoms with Crippen molar-refractivity contribution in [1.29, 1.82) is 0 Å². The van der Waals surface area contributed by atoms with Crippen molar-refractivity contribution in [1.82, 2.24) is 4.57 Å². The van der Waals surface area contributed by atoms with Crippen LogP contribution in [0.2, 0.25) is 0 Å². The maximum Gasteiger partial charge on any atom is 0.0553 e. The summed E-state index contributed by atoms with van der Waals surface area (Å²) in [7, 11) is 0. The van der Waals surface area contributed by atoms with E-state index in [0.29, 0.717) is 0 Å². The van der Waals surface area contributed by atoms with Gasteiger partial charge in [0.1, 0.15) is 0 Å². The highest BCUT2D eigenvalue weighted by molar-refractivity contribution is 5.50. The molecular weight excluding hydrogens is 220 g/mol. The summed E-state index contributed by atoms with van der Waals surface area (Å²) in [6, 6.07) is 11.1. The maximum absolute atomic E-state index is 3.53. The molecule has 1 aliphatic rings. The van der Waals surface area contributed by atoms with Crippen molar-refractivity contribution in [3.63, 3.8) is 0 Å². The van der Waals surface area contributed by atoms with Crippen LogP contribution in [0.15, 0.2) is 36.5 Å². The Morgan fingerprint density at radius 1 is 1.17 bits per heavy atom. The third kappa shape index (κ3) is 2.15. The van der Waals surface area contributed by atoms with E-state index < -0.39 is 0 Å². The first-order valence-electron chi connectivity index (χ1n) is 6.86. The summed E-state index contributed by atoms with van der Waals surface area (Å²) in [5, 5.41) is 3.53. The zero-order valence-electron chi connectivity index (χ0n) is 10.9. The second-order valence-corrected chi connectivity index (χ2v) is 4.98. The number of aromatic nitrogens is 1. The van der Waals surface area contributed by atoms with Gasteiger partial charge in [0.25, 0.3) is 0 Å². The highest BCUT2D eigenvalue weighted by Gasteiger charge is 2.10. The molecule has 1 aromatic heterocycles. The summed E-state index contributed by atoms with van der Waals surface area (Å²) >= 11 is 0. The SMILES string of the molecule is CCn1cccc1CNc1ccc2c(c1)CCC2. The minimum Gasteiger partial charge on any atom is -0.379 e. The number of aryl methyl sites for hydroxylation is 3. The molecule has 0 saturated heterocycles. The molecule has 2 aromatic rings. The molecule has 0 amide bonds. The number of nitrogens with one attached hydrogen (secondary N) is 1. The summed E-state index contributed by atoms with van der Waals surface area (Å²) in [6.07, 6.45) is 5.96. The zero-order valence-corrected chi connectivity index (χ0v) is 10.9. The monoisotopic (exact) mass is 240 g/mol. The van der Waals surface area contributed by atoms with E-state index in [1.165, 1.54) is 41.8 Å². The molecule has 0 atom stereocenters. The van der Waals surface area contributed by atoms with Crippen LogP contribution in [-0.4, -0.2) is 4.57 Å². The van der Waals surface area contributed by atoms with E-state index in [2.05, 4.69) is 53.3 Å². The molecule has 1 aromatic carbocycles. The summed E-state index contributed by atoms with van der Waals surface area (Å²) < 4.78 is 2.28. The lowest BCUT2D eigenvalue weighted by atomic mass is 10.1. The molecule has 94 valence electrons. The van der Waals surface area contributed by atoms with Crippen molar-refractivity contribution in [2.24, 2.45) is 0 Å². The lowest BCUT2D eigenvalue weighted by Gasteiger charge is -2.10. The van der Waals surface area contributed by atoms with E-state index in [1.807, 2.05) is 0 Å². The Labute approximate surface area is 109 Å². The predicted octanol–water partition coefficient (Wildman–Crippen LogP) is 3.61. The van der Waals surface area contributed by atoms with Crippen molar-refractivity contribution < 1.29 is 0 Å². The lowest BCUT2D eigenvalue weighted by Crippen LogP contribution is -2.06. The molecule has 3 rings (SSSR count). The Balaban J connectivity index is 1.70. The first kappa shape index (κ1) is 11.4. The first-order valence-corrected chi connectivity index (χ1v) is 6.86. The smallest absolute Gasteiger partial charge is 0.0553 e. The molecule has 1 aliphatic carbocycles. The average Bonchev–Trinajstić information content (AvgIpc) is 3.04. The number of hydrogen-bond acceptors (Lipinski definition) is 1. The Morgan fingerprint density at radius 3 is 2.94 bits per heavy atom. The molecule has 0 spiro atoms. The standard InChI is InChI=1S/C16H20N2/c1-2-18-10-4-7-16(18)12-17-15-9-8-13-5-3-6-14(13)11-15/h4,7-11,17H,2-3,5-6,12H2,1H3. The molecule has 0 radical (unpaired) electrons. The number of benzene rings is 1. The highest BCUT2D eigenvalue weighted by Crippen LogP contribution is 2.25. The number of hydrogen-bond donors (Lipinski definition) is 1. The van der Waals surface area contributed by atoms with Crippen LogP contribution >= 0.6 is 0 Å². The third-order valence-electron chi connectivity index (χ3n) is 3.84. The van der Waals surface area contributed by atoms with Gasteiger partial charge in [0.15, 0.2) is 0 Å². The minimum absolute atomic E-state index is 0.902. The van der Waals surface area contributed by atoms with Gasteiger partial charge in [-0.05, 0) is 61.6 Å². The van der Waals surface area contributed by atoms with Gasteiger partial charge in [0, 0.05) is 24.1 Å². The van der Waals surface area contributed by atoms with Gasteiger partial charge in [-0.1, -0.05) is 6.07 Å². The quantitative estimate of drug-likeness (QED) is 0.864. The fourth-order valence-electron chi connectivity index (χ4n) is 2.79. The van der Waals surface area contributed by atoms with Crippen molar-refractivity contribution >= 4 is 5.69 Å². The van der Waals surface area contributed by atoms with Gasteiger partial charge in [-0.25, -0.2) is 0 Å². The maximum atomic E-state index is 3.53. The fourth-order valence-corrected chi connectivity index (χ4v) is 2.79. The van der Waals surface area contributed by atoms with Gasteiger partial charge in [-0.15, -0.1) is 0 Å². The van der Waals surface area contributed by atoms with Crippen molar-refractivity contribution in [2.75, 3.05) is 5.32 Å². The molecule has 0 bridgehead atoms. The number of fused-ring (bicyclic) bond motifs is 1. The van der Waals surface area contributed by atoms with E-state index in [9.17, 15) is 0 Å². The Kier molecular flexibility index (Phi) is 3.09. The number of nitrogens with zero attached hydrogens (tertiary/aromatic N) is 1. The van der Waals surface area contributed by atoms with Crippen LogP contribution in [0.4, 0.5) is 5.69 Å². The second kappa shape index (κ2) is 4.89. The lowest BCUT2D eigenvalue weighted by molar-refractivity contribution is 0.724. The molecule has 18 heavy (non-hydrogen) atoms. The van der Waals surface area contributed by atoms with Crippen molar-refractivity contribution in [3.8, 4) is 0 Å². The molecule has 2 nitrogen and oxygen atoms in total. The average molecular weight is 240 g/mol. The molecule has 0 unspecified atom stereocenters. The summed E-state index contributed by atoms with van der Waals surface area (Å²) in [5.41, 5.74) is 5.67. The Hall–Kier alpha value is -1.70. The molecule has 2 heteroatoms. The third-order valence-corrected chi connectivity index (χ3v) is 3.84. The summed E-state index contributed by atoms with van der Waals surface area (Å²) in [6.45, 7) is 4.12. The van der Waals surface area contributed by atoms with Crippen LogP contribution < -0.4 is 5.32 Å². The fraction of sp³-hybridized carbons (Fsp3) is 0.375. The second-order valence-electron chi connectivity index (χ2n) is 4.98. The first-order chi connectivity index (χ1) is 8.86. The van der Waals surface area contributed by atoms with E-state index in [4.69, 9.17) is 0 Å². The molecule has 1 N–H and O–H groups in total. The summed E-state index contributed by atoms with van der Waals surface area (Å²) in [5.74, 6) is 0. The van der Waals surface area contributed by atoms with E-state index in [0.717, 1.165) is 13.1 Å². The van der Waals surface area contributed by atoms with Gasteiger partial charge in [-0.3, -0.25) is 0 Å². The van der Waals surface area contributed by atoms with E-state index in [-0.39, 0.29) is 0 Å². The highest BCUT2D eigenvalue weighted by atomic mass is 15.0. The summed E-state index contributed by atoms with van der Waals surface area (Å²) in [4.78, 5) is 0. The normalized spacial score (nSPS) is 13.6. The molecular formula is C16H20N2. The largest absolute Gasteiger partial charge is 0.379 e. The van der Waals surface area contributed by atoms with E-state index >= 15 is 0 Å². The van der Waals surface area contributed by atoms with Crippen LogP contribution in [0.5, 0.6) is 0 Å². The van der Waals surface area contributed by atoms with Crippen LogP contribution in [0.1, 0.15) is 30.2 Å². The van der Waals surface area contributed by atoms with Crippen LogP contribution in [0.3, 0.4) is 0 Å². The van der Waals surface area contributed by atoms with Gasteiger partial charge < -0.3 is 9.88 Å². The van der Waals surface area contributed by atoms with E-state index in [1.54, 1.807) is 0 Å². The van der Waals surface area contributed by atoms with Gasteiger partial charge in [0.05, 0.1) is 6.54 Å². The van der Waals surface area contributed by atoms with Crippen LogP contribution in [0, 0.1) is 0 Å². The topological polar surface area (TPSA) is 17.0 Å². The van der Waals surface area contributed by atoms with Gasteiger partial charge >= 0.3 is 0 Å². The number of rotatable bonds is 4. The minimum atomic E-state index is 0.902. The molecule has 1 heterocycles. The molecule has 0 aliphatic heterocycles. The Bertz CT molecular complexity index is 540. The Morgan fingerprint density at radius 2 is 2.06 bits per heavy atom. The number of anilines is 1.